The van der Waals surface area contributed by atoms with Crippen LogP contribution in [0.25, 0.3) is 6.08 Å². The van der Waals surface area contributed by atoms with Gasteiger partial charge in [-0.3, -0.25) is 14.9 Å². The zero-order valence-corrected chi connectivity index (χ0v) is 18.9. The number of rotatable bonds is 7. The molecular formula is C25H19NO9. The highest BCUT2D eigenvalue weighted by Gasteiger charge is 2.29. The molecule has 0 spiro atoms. The molecule has 0 bridgehead atoms. The van der Waals surface area contributed by atoms with E-state index in [1.165, 1.54) is 63.8 Å². The first kappa shape index (κ1) is 23.3. The highest BCUT2D eigenvalue weighted by Crippen LogP contribution is 2.42. The van der Waals surface area contributed by atoms with E-state index in [1.807, 2.05) is 0 Å². The van der Waals surface area contributed by atoms with Gasteiger partial charge >= 0.3 is 5.97 Å². The second-order valence-corrected chi connectivity index (χ2v) is 7.22. The lowest BCUT2D eigenvalue weighted by atomic mass is 10.1. The number of fused-ring (bicyclic) bond motifs is 1. The van der Waals surface area contributed by atoms with Crippen LogP contribution in [0.3, 0.4) is 0 Å². The summed E-state index contributed by atoms with van der Waals surface area (Å²) in [5.41, 5.74) is 0.588. The third-order valence-corrected chi connectivity index (χ3v) is 5.17. The van der Waals surface area contributed by atoms with Gasteiger partial charge in [0.05, 0.1) is 37.4 Å². The fourth-order valence-electron chi connectivity index (χ4n) is 3.52. The number of allylic oxidation sites excluding steroid dienone is 1. The van der Waals surface area contributed by atoms with E-state index in [4.69, 9.17) is 23.7 Å². The molecule has 0 atom stereocenters. The minimum absolute atomic E-state index is 0.0119. The summed E-state index contributed by atoms with van der Waals surface area (Å²) in [5.74, 6) is 0.373. The van der Waals surface area contributed by atoms with Crippen LogP contribution in [0.4, 0.5) is 5.69 Å². The largest absolute Gasteiger partial charge is 0.493 e. The summed E-state index contributed by atoms with van der Waals surface area (Å²) in [6.07, 6.45) is 1.51. The molecule has 4 rings (SSSR count). The van der Waals surface area contributed by atoms with Crippen molar-refractivity contribution in [2.75, 3.05) is 21.3 Å². The number of hydrogen-bond acceptors (Lipinski definition) is 9. The van der Waals surface area contributed by atoms with E-state index >= 15 is 0 Å². The number of non-ortho nitro benzene ring substituents is 1. The van der Waals surface area contributed by atoms with Gasteiger partial charge in [-0.25, -0.2) is 4.79 Å². The summed E-state index contributed by atoms with van der Waals surface area (Å²) in [6.45, 7) is 0. The number of hydrogen-bond donors (Lipinski definition) is 0. The Balaban J connectivity index is 1.59. The summed E-state index contributed by atoms with van der Waals surface area (Å²) < 4.78 is 27.1. The van der Waals surface area contributed by atoms with Crippen LogP contribution in [0.1, 0.15) is 26.3 Å². The molecule has 1 heterocycles. The highest BCUT2D eigenvalue weighted by atomic mass is 16.6. The van der Waals surface area contributed by atoms with E-state index in [0.29, 0.717) is 22.8 Å². The lowest BCUT2D eigenvalue weighted by Crippen LogP contribution is -2.08. The predicted octanol–water partition coefficient (Wildman–Crippen LogP) is 4.46. The number of nitro groups is 1. The summed E-state index contributed by atoms with van der Waals surface area (Å²) in [7, 11) is 4.44. The topological polar surface area (TPSA) is 123 Å². The van der Waals surface area contributed by atoms with Crippen molar-refractivity contribution in [2.24, 2.45) is 0 Å². The zero-order chi connectivity index (χ0) is 25.1. The molecular weight excluding hydrogens is 458 g/mol. The van der Waals surface area contributed by atoms with Crippen LogP contribution in [-0.4, -0.2) is 38.0 Å². The van der Waals surface area contributed by atoms with E-state index in [1.54, 1.807) is 12.1 Å². The molecule has 3 aromatic rings. The SMILES string of the molecule is COc1ccc(C=C2Oc3cc(OC(=O)c4cccc([N+](=O)[O-])c4)ccc3C2=O)c(OC)c1OC. The normalized spacial score (nSPS) is 13.1. The minimum Gasteiger partial charge on any atom is -0.493 e. The molecule has 10 heteroatoms. The molecule has 3 aromatic carbocycles. The van der Waals surface area contributed by atoms with Crippen LogP contribution in [0.2, 0.25) is 0 Å². The van der Waals surface area contributed by atoms with Gasteiger partial charge in [0.1, 0.15) is 11.5 Å². The summed E-state index contributed by atoms with van der Waals surface area (Å²) >= 11 is 0. The van der Waals surface area contributed by atoms with E-state index in [-0.39, 0.29) is 39.9 Å². The van der Waals surface area contributed by atoms with Crippen molar-refractivity contribution in [1.82, 2.24) is 0 Å². The van der Waals surface area contributed by atoms with E-state index < -0.39 is 10.9 Å². The number of esters is 1. The number of ketones is 1. The maximum Gasteiger partial charge on any atom is 0.343 e. The number of carbonyl (C=O) groups excluding carboxylic acids is 2. The van der Waals surface area contributed by atoms with Crippen molar-refractivity contribution >= 4 is 23.5 Å². The van der Waals surface area contributed by atoms with Gasteiger partial charge in [0.2, 0.25) is 11.5 Å². The molecule has 1 aliphatic heterocycles. The molecule has 0 radical (unpaired) electrons. The molecule has 0 unspecified atom stereocenters. The highest BCUT2D eigenvalue weighted by molar-refractivity contribution is 6.14. The van der Waals surface area contributed by atoms with Gasteiger partial charge in [-0.05, 0) is 36.4 Å². The van der Waals surface area contributed by atoms with Gasteiger partial charge in [-0.15, -0.1) is 0 Å². The molecule has 0 amide bonds. The zero-order valence-electron chi connectivity index (χ0n) is 18.9. The third kappa shape index (κ3) is 4.49. The predicted molar refractivity (Wildman–Crippen MR) is 124 cm³/mol. The summed E-state index contributed by atoms with van der Waals surface area (Å²) in [4.78, 5) is 35.7. The molecule has 35 heavy (non-hydrogen) atoms. The van der Waals surface area contributed by atoms with Crippen molar-refractivity contribution in [1.29, 1.82) is 0 Å². The number of nitrogens with zero attached hydrogens (tertiary/aromatic N) is 1. The van der Waals surface area contributed by atoms with Gasteiger partial charge in [0, 0.05) is 23.8 Å². The average molecular weight is 477 g/mol. The molecule has 0 aliphatic carbocycles. The van der Waals surface area contributed by atoms with Crippen LogP contribution < -0.4 is 23.7 Å². The van der Waals surface area contributed by atoms with Crippen LogP contribution in [-0.2, 0) is 0 Å². The lowest BCUT2D eigenvalue weighted by Gasteiger charge is -2.14. The van der Waals surface area contributed by atoms with Crippen molar-refractivity contribution < 1.29 is 38.2 Å². The molecule has 0 aromatic heterocycles. The fourth-order valence-corrected chi connectivity index (χ4v) is 3.52. The smallest absolute Gasteiger partial charge is 0.343 e. The number of benzene rings is 3. The Morgan fingerprint density at radius 2 is 1.74 bits per heavy atom. The number of Topliss-reactive ketones (excluding diaryl/α,β-unsaturated/α-hetero) is 1. The summed E-state index contributed by atoms with van der Waals surface area (Å²) in [5, 5.41) is 10.9. The molecule has 0 saturated carbocycles. The Bertz CT molecular complexity index is 1380. The Hall–Kier alpha value is -4.86. The molecule has 178 valence electrons. The maximum absolute atomic E-state index is 12.9. The van der Waals surface area contributed by atoms with Gasteiger partial charge < -0.3 is 23.7 Å². The number of nitro benzene ring substituents is 1. The maximum atomic E-state index is 12.9. The quantitative estimate of drug-likeness (QED) is 0.160. The first-order valence-corrected chi connectivity index (χ1v) is 10.2. The average Bonchev–Trinajstić information content (AvgIpc) is 3.17. The first-order valence-electron chi connectivity index (χ1n) is 10.2. The van der Waals surface area contributed by atoms with E-state index in [2.05, 4.69) is 0 Å². The van der Waals surface area contributed by atoms with Crippen LogP contribution in [0, 0.1) is 10.1 Å². The second kappa shape index (κ2) is 9.56. The number of ether oxygens (including phenoxy) is 5. The number of methoxy groups -OCH3 is 3. The van der Waals surface area contributed by atoms with Crippen molar-refractivity contribution in [3.8, 4) is 28.7 Å². The third-order valence-electron chi connectivity index (χ3n) is 5.17. The summed E-state index contributed by atoms with van der Waals surface area (Å²) in [6, 6.07) is 12.9. The van der Waals surface area contributed by atoms with Gasteiger partial charge in [-0.2, -0.15) is 0 Å². The van der Waals surface area contributed by atoms with Gasteiger partial charge in [-0.1, -0.05) is 6.07 Å². The van der Waals surface area contributed by atoms with Crippen molar-refractivity contribution in [3.63, 3.8) is 0 Å². The van der Waals surface area contributed by atoms with Crippen LogP contribution >= 0.6 is 0 Å². The van der Waals surface area contributed by atoms with Crippen molar-refractivity contribution in [3.05, 3.63) is 87.2 Å². The molecule has 0 saturated heterocycles. The monoisotopic (exact) mass is 477 g/mol. The van der Waals surface area contributed by atoms with Gasteiger partial charge in [0.15, 0.2) is 17.3 Å². The van der Waals surface area contributed by atoms with Gasteiger partial charge in [0.25, 0.3) is 5.69 Å². The standard InChI is InChI=1S/C25H19NO9/c1-31-19-10-7-14(23(32-2)24(19)33-3)12-21-22(27)18-9-8-17(13-20(18)35-21)34-25(28)15-5-4-6-16(11-15)26(29)30/h4-13H,1-3H3. The minimum atomic E-state index is -0.788. The molecule has 10 nitrogen and oxygen atoms in total. The lowest BCUT2D eigenvalue weighted by molar-refractivity contribution is -0.384. The number of carbonyl (C=O) groups is 2. The fraction of sp³-hybridized carbons (Fsp3) is 0.120. The van der Waals surface area contributed by atoms with Crippen molar-refractivity contribution in [2.45, 2.75) is 0 Å². The first-order chi connectivity index (χ1) is 16.9. The Morgan fingerprint density at radius 3 is 2.43 bits per heavy atom. The molecule has 0 fully saturated rings. The van der Waals surface area contributed by atoms with E-state index in [9.17, 15) is 19.7 Å². The Morgan fingerprint density at radius 1 is 0.971 bits per heavy atom. The Labute approximate surface area is 199 Å². The van der Waals surface area contributed by atoms with Crippen LogP contribution in [0.15, 0.2) is 60.4 Å². The van der Waals surface area contributed by atoms with E-state index in [0.717, 1.165) is 6.07 Å². The molecule has 1 aliphatic rings. The second-order valence-electron chi connectivity index (χ2n) is 7.22. The molecule has 0 N–H and O–H groups in total. The Kier molecular flexibility index (Phi) is 6.36. The van der Waals surface area contributed by atoms with Crippen LogP contribution in [0.5, 0.6) is 28.7 Å².